The lowest BCUT2D eigenvalue weighted by molar-refractivity contribution is -0.141. The molecule has 180 valence electrons. The normalized spacial score (nSPS) is 15.7. The summed E-state index contributed by atoms with van der Waals surface area (Å²) in [5.41, 5.74) is 7.58. The van der Waals surface area contributed by atoms with E-state index in [-0.39, 0.29) is 12.3 Å². The maximum Gasteiger partial charge on any atom is 0.325 e. The van der Waals surface area contributed by atoms with Crippen molar-refractivity contribution in [2.75, 3.05) is 0 Å². The molecule has 7 N–H and O–H groups in total. The summed E-state index contributed by atoms with van der Waals surface area (Å²) in [7, 11) is 0. The first kappa shape index (κ1) is 25.9. The van der Waals surface area contributed by atoms with Crippen LogP contribution in [0.15, 0.2) is 30.5 Å². The standard InChI is InChI=1S/C23H33N5O5/c1-5-12(2)19(24)22(31)26-13(3)20(29)28-18(21(30)27-14(4)23(32)33)10-15-11-25-17-9-7-6-8-16(15)17/h6-9,11-14,18-19,25H,5,10,24H2,1-4H3,(H,26,31)(H,27,30)(H,28,29)(H,32,33). The number of nitrogens with two attached hydrogens (primary N) is 1. The molecule has 0 fully saturated rings. The molecule has 0 aliphatic heterocycles. The molecule has 10 nitrogen and oxygen atoms in total. The molecular weight excluding hydrogens is 426 g/mol. The molecule has 3 amide bonds. The maximum absolute atomic E-state index is 12.8. The van der Waals surface area contributed by atoms with Crippen molar-refractivity contribution in [2.24, 2.45) is 11.7 Å². The average molecular weight is 460 g/mol. The molecule has 0 spiro atoms. The summed E-state index contributed by atoms with van der Waals surface area (Å²) in [6.45, 7) is 6.60. The molecule has 2 aromatic rings. The van der Waals surface area contributed by atoms with Crippen molar-refractivity contribution >= 4 is 34.6 Å². The quantitative estimate of drug-likeness (QED) is 0.289. The second-order valence-corrected chi connectivity index (χ2v) is 8.33. The van der Waals surface area contributed by atoms with Crippen molar-refractivity contribution < 1.29 is 24.3 Å². The summed E-state index contributed by atoms with van der Waals surface area (Å²) in [6.07, 6.45) is 2.58. The number of para-hydroxylation sites is 1. The van der Waals surface area contributed by atoms with Gasteiger partial charge in [-0.2, -0.15) is 0 Å². The van der Waals surface area contributed by atoms with Crippen molar-refractivity contribution in [1.82, 2.24) is 20.9 Å². The number of nitrogens with one attached hydrogen (secondary N) is 4. The van der Waals surface area contributed by atoms with Crippen LogP contribution in [0.3, 0.4) is 0 Å². The average Bonchev–Trinajstić information content (AvgIpc) is 3.19. The Kier molecular flexibility index (Phi) is 8.98. The van der Waals surface area contributed by atoms with Crippen molar-refractivity contribution in [3.05, 3.63) is 36.0 Å². The highest BCUT2D eigenvalue weighted by molar-refractivity contribution is 5.94. The fraction of sp³-hybridized carbons (Fsp3) is 0.478. The van der Waals surface area contributed by atoms with E-state index in [0.29, 0.717) is 6.42 Å². The molecule has 5 atom stereocenters. The van der Waals surface area contributed by atoms with E-state index < -0.39 is 47.9 Å². The Hall–Kier alpha value is -3.40. The predicted octanol–water partition coefficient (Wildman–Crippen LogP) is 0.663. The van der Waals surface area contributed by atoms with Gasteiger partial charge in [0.25, 0.3) is 0 Å². The van der Waals surface area contributed by atoms with Crippen LogP contribution < -0.4 is 21.7 Å². The number of aromatic nitrogens is 1. The molecule has 0 radical (unpaired) electrons. The van der Waals surface area contributed by atoms with Crippen LogP contribution in [-0.2, 0) is 25.6 Å². The van der Waals surface area contributed by atoms with Crippen molar-refractivity contribution in [2.45, 2.75) is 64.7 Å². The van der Waals surface area contributed by atoms with Gasteiger partial charge < -0.3 is 31.8 Å². The molecule has 0 saturated heterocycles. The zero-order valence-electron chi connectivity index (χ0n) is 19.3. The number of hydrogen-bond donors (Lipinski definition) is 6. The minimum Gasteiger partial charge on any atom is -0.480 e. The van der Waals surface area contributed by atoms with E-state index in [9.17, 15) is 19.2 Å². The highest BCUT2D eigenvalue weighted by Gasteiger charge is 2.29. The van der Waals surface area contributed by atoms with E-state index in [2.05, 4.69) is 20.9 Å². The zero-order valence-corrected chi connectivity index (χ0v) is 19.3. The molecule has 0 saturated carbocycles. The maximum atomic E-state index is 12.8. The van der Waals surface area contributed by atoms with Gasteiger partial charge in [0, 0.05) is 23.5 Å². The summed E-state index contributed by atoms with van der Waals surface area (Å²) in [5, 5.41) is 17.6. The molecular formula is C23H33N5O5. The molecule has 0 bridgehead atoms. The lowest BCUT2D eigenvalue weighted by Gasteiger charge is -2.24. The number of rotatable bonds is 11. The second-order valence-electron chi connectivity index (χ2n) is 8.33. The van der Waals surface area contributed by atoms with Gasteiger partial charge in [0.1, 0.15) is 18.1 Å². The Morgan fingerprint density at radius 1 is 0.970 bits per heavy atom. The van der Waals surface area contributed by atoms with Crippen LogP contribution in [0.2, 0.25) is 0 Å². The summed E-state index contributed by atoms with van der Waals surface area (Å²) in [5.74, 6) is -2.93. The van der Waals surface area contributed by atoms with Crippen LogP contribution in [0, 0.1) is 5.92 Å². The number of H-pyrrole nitrogens is 1. The Morgan fingerprint density at radius 3 is 2.24 bits per heavy atom. The molecule has 1 aromatic carbocycles. The first-order valence-corrected chi connectivity index (χ1v) is 11.0. The van der Waals surface area contributed by atoms with Gasteiger partial charge in [-0.15, -0.1) is 0 Å². The number of hydrogen-bond acceptors (Lipinski definition) is 5. The Morgan fingerprint density at radius 2 is 1.61 bits per heavy atom. The Bertz CT molecular complexity index is 1000. The third-order valence-corrected chi connectivity index (χ3v) is 5.77. The molecule has 33 heavy (non-hydrogen) atoms. The fourth-order valence-corrected chi connectivity index (χ4v) is 3.29. The molecule has 1 aromatic heterocycles. The third-order valence-electron chi connectivity index (χ3n) is 5.77. The van der Waals surface area contributed by atoms with Gasteiger partial charge in [0.2, 0.25) is 17.7 Å². The topological polar surface area (TPSA) is 166 Å². The molecule has 0 aliphatic carbocycles. The van der Waals surface area contributed by atoms with Gasteiger partial charge in [-0.25, -0.2) is 0 Å². The monoisotopic (exact) mass is 459 g/mol. The second kappa shape index (κ2) is 11.5. The number of carbonyl (C=O) groups is 4. The Labute approximate surface area is 192 Å². The van der Waals surface area contributed by atoms with Gasteiger partial charge in [0.05, 0.1) is 6.04 Å². The van der Waals surface area contributed by atoms with Gasteiger partial charge >= 0.3 is 5.97 Å². The van der Waals surface area contributed by atoms with E-state index in [1.54, 1.807) is 6.20 Å². The summed E-state index contributed by atoms with van der Waals surface area (Å²) < 4.78 is 0. The highest BCUT2D eigenvalue weighted by Crippen LogP contribution is 2.19. The first-order chi connectivity index (χ1) is 15.5. The number of benzene rings is 1. The van der Waals surface area contributed by atoms with Crippen molar-refractivity contribution in [3.63, 3.8) is 0 Å². The van der Waals surface area contributed by atoms with Crippen molar-refractivity contribution in [3.8, 4) is 0 Å². The summed E-state index contributed by atoms with van der Waals surface area (Å²) in [6, 6.07) is 3.62. The number of carboxylic acids is 1. The molecule has 10 heteroatoms. The third kappa shape index (κ3) is 6.79. The van der Waals surface area contributed by atoms with Gasteiger partial charge in [-0.05, 0) is 31.4 Å². The zero-order chi connectivity index (χ0) is 24.7. The summed E-state index contributed by atoms with van der Waals surface area (Å²) >= 11 is 0. The number of aliphatic carboxylic acids is 1. The van der Waals surface area contributed by atoms with E-state index in [0.717, 1.165) is 16.5 Å². The molecule has 2 rings (SSSR count). The smallest absolute Gasteiger partial charge is 0.325 e. The van der Waals surface area contributed by atoms with Crippen LogP contribution in [0.25, 0.3) is 10.9 Å². The van der Waals surface area contributed by atoms with E-state index >= 15 is 0 Å². The number of carboxylic acid groups (broad SMARTS) is 1. The van der Waals surface area contributed by atoms with Crippen LogP contribution in [0.1, 0.15) is 39.7 Å². The number of fused-ring (bicyclic) bond motifs is 1. The summed E-state index contributed by atoms with van der Waals surface area (Å²) in [4.78, 5) is 52.3. The van der Waals surface area contributed by atoms with Crippen LogP contribution in [0.4, 0.5) is 0 Å². The lowest BCUT2D eigenvalue weighted by atomic mass is 9.99. The van der Waals surface area contributed by atoms with Crippen LogP contribution >= 0.6 is 0 Å². The number of aromatic amines is 1. The minimum atomic E-state index is -1.19. The van der Waals surface area contributed by atoms with Gasteiger partial charge in [-0.1, -0.05) is 38.5 Å². The van der Waals surface area contributed by atoms with Crippen LogP contribution in [0.5, 0.6) is 0 Å². The van der Waals surface area contributed by atoms with E-state index in [1.165, 1.54) is 13.8 Å². The minimum absolute atomic E-state index is 0.0573. The van der Waals surface area contributed by atoms with E-state index in [1.807, 2.05) is 38.1 Å². The largest absolute Gasteiger partial charge is 0.480 e. The van der Waals surface area contributed by atoms with Crippen LogP contribution in [-0.4, -0.2) is 57.9 Å². The molecule has 1 heterocycles. The number of amides is 3. The predicted molar refractivity (Wildman–Crippen MR) is 124 cm³/mol. The molecule has 5 unspecified atom stereocenters. The first-order valence-electron chi connectivity index (χ1n) is 11.0. The Balaban J connectivity index is 2.17. The van der Waals surface area contributed by atoms with E-state index in [4.69, 9.17) is 10.8 Å². The van der Waals surface area contributed by atoms with Gasteiger partial charge in [0.15, 0.2) is 0 Å². The van der Waals surface area contributed by atoms with Crippen molar-refractivity contribution in [1.29, 1.82) is 0 Å². The highest BCUT2D eigenvalue weighted by atomic mass is 16.4. The number of carbonyl (C=O) groups excluding carboxylic acids is 3. The lowest BCUT2D eigenvalue weighted by Crippen LogP contribution is -2.57. The SMILES string of the molecule is CCC(C)C(N)C(=O)NC(C)C(=O)NC(Cc1c[nH]c2ccccc12)C(=O)NC(C)C(=O)O. The van der Waals surface area contributed by atoms with Gasteiger partial charge in [-0.3, -0.25) is 19.2 Å². The molecule has 0 aliphatic rings. The fourth-order valence-electron chi connectivity index (χ4n) is 3.29.